The molecule has 2 aromatic carbocycles. The van der Waals surface area contributed by atoms with Gasteiger partial charge in [-0.3, -0.25) is 0 Å². The quantitative estimate of drug-likeness (QED) is 0.909. The average molecular weight is 253 g/mol. The van der Waals surface area contributed by atoms with Gasteiger partial charge in [-0.25, -0.2) is 0 Å². The van der Waals surface area contributed by atoms with Gasteiger partial charge < -0.3 is 10.5 Å². The second kappa shape index (κ2) is 4.71. The van der Waals surface area contributed by atoms with E-state index in [9.17, 15) is 0 Å². The van der Waals surface area contributed by atoms with Crippen LogP contribution in [0.2, 0.25) is 0 Å². The van der Waals surface area contributed by atoms with E-state index >= 15 is 0 Å². The first kappa shape index (κ1) is 12.2. The summed E-state index contributed by atoms with van der Waals surface area (Å²) in [5.41, 5.74) is 12.6. The molecule has 0 aromatic heterocycles. The molecule has 2 N–H and O–H groups in total. The molecule has 98 valence electrons. The Labute approximate surface area is 114 Å². The van der Waals surface area contributed by atoms with Crippen LogP contribution in [0.25, 0.3) is 11.1 Å². The molecule has 0 fully saturated rings. The summed E-state index contributed by atoms with van der Waals surface area (Å²) in [4.78, 5) is 0. The summed E-state index contributed by atoms with van der Waals surface area (Å²) in [7, 11) is 1.72. The van der Waals surface area contributed by atoms with E-state index in [1.807, 2.05) is 6.07 Å². The van der Waals surface area contributed by atoms with E-state index < -0.39 is 0 Å². The predicted octanol–water partition coefficient (Wildman–Crippen LogP) is 3.46. The summed E-state index contributed by atoms with van der Waals surface area (Å²) in [6.07, 6.45) is 0.983. The number of benzene rings is 2. The molecular weight excluding hydrogens is 234 g/mol. The van der Waals surface area contributed by atoms with Gasteiger partial charge in [0.15, 0.2) is 0 Å². The van der Waals surface area contributed by atoms with Gasteiger partial charge in [0.25, 0.3) is 0 Å². The molecule has 0 amide bonds. The van der Waals surface area contributed by atoms with E-state index in [1.54, 1.807) is 7.11 Å². The average Bonchev–Trinajstić information content (AvgIpc) is 2.74. The molecule has 1 unspecified atom stereocenters. The molecule has 0 spiro atoms. The molecule has 0 saturated carbocycles. The smallest absolute Gasteiger partial charge is 0.119 e. The highest BCUT2D eigenvalue weighted by Crippen LogP contribution is 2.48. The molecule has 19 heavy (non-hydrogen) atoms. The molecule has 0 heterocycles. The highest BCUT2D eigenvalue weighted by atomic mass is 16.5. The number of hydrogen-bond acceptors (Lipinski definition) is 2. The number of methoxy groups -OCH3 is 1. The summed E-state index contributed by atoms with van der Waals surface area (Å²) in [5, 5.41) is 0. The highest BCUT2D eigenvalue weighted by Gasteiger charge is 2.29. The first-order chi connectivity index (χ1) is 9.26. The summed E-state index contributed by atoms with van der Waals surface area (Å²) in [5.74, 6) is 1.33. The third-order valence-electron chi connectivity index (χ3n) is 4.04. The van der Waals surface area contributed by atoms with Gasteiger partial charge in [0.2, 0.25) is 0 Å². The fourth-order valence-corrected chi connectivity index (χ4v) is 3.18. The fraction of sp³-hybridized carbons (Fsp3) is 0.294. The molecular formula is C17H19NO. The molecule has 2 nitrogen and oxygen atoms in total. The SMILES string of the molecule is COc1ccc2c(c1)C(CCN)c1cccc(C)c1-2. The van der Waals surface area contributed by atoms with Gasteiger partial charge in [-0.05, 0) is 59.8 Å². The number of fused-ring (bicyclic) bond motifs is 3. The van der Waals surface area contributed by atoms with E-state index in [4.69, 9.17) is 10.5 Å². The molecule has 0 aliphatic heterocycles. The Morgan fingerprint density at radius 1 is 1.16 bits per heavy atom. The zero-order chi connectivity index (χ0) is 13.4. The second-order valence-corrected chi connectivity index (χ2v) is 5.12. The van der Waals surface area contributed by atoms with Crippen molar-refractivity contribution in [2.75, 3.05) is 13.7 Å². The van der Waals surface area contributed by atoms with Crippen molar-refractivity contribution in [3.05, 3.63) is 53.1 Å². The van der Waals surface area contributed by atoms with Gasteiger partial charge in [0.05, 0.1) is 7.11 Å². The molecule has 0 bridgehead atoms. The van der Waals surface area contributed by atoms with E-state index in [0.717, 1.165) is 12.2 Å². The standard InChI is InChI=1S/C17H19NO/c1-11-4-3-5-14-13(8-9-18)16-10-12(19-2)6-7-15(16)17(11)14/h3-7,10,13H,8-9,18H2,1-2H3. The van der Waals surface area contributed by atoms with Gasteiger partial charge in [0, 0.05) is 5.92 Å². The van der Waals surface area contributed by atoms with Crippen LogP contribution in [0, 0.1) is 6.92 Å². The maximum absolute atomic E-state index is 5.80. The number of ether oxygens (including phenoxy) is 1. The minimum Gasteiger partial charge on any atom is -0.497 e. The topological polar surface area (TPSA) is 35.2 Å². The maximum atomic E-state index is 5.80. The van der Waals surface area contributed by atoms with Crippen LogP contribution in [-0.4, -0.2) is 13.7 Å². The number of nitrogens with two attached hydrogens (primary N) is 1. The first-order valence-corrected chi connectivity index (χ1v) is 6.74. The number of aryl methyl sites for hydroxylation is 1. The van der Waals surface area contributed by atoms with Crippen molar-refractivity contribution in [3.8, 4) is 16.9 Å². The molecule has 1 atom stereocenters. The Morgan fingerprint density at radius 3 is 2.74 bits per heavy atom. The van der Waals surface area contributed by atoms with Crippen LogP contribution in [-0.2, 0) is 0 Å². The zero-order valence-corrected chi connectivity index (χ0v) is 11.4. The van der Waals surface area contributed by atoms with E-state index in [-0.39, 0.29) is 0 Å². The van der Waals surface area contributed by atoms with Crippen LogP contribution in [0.1, 0.15) is 29.0 Å². The van der Waals surface area contributed by atoms with E-state index in [2.05, 4.69) is 37.3 Å². The Balaban J connectivity index is 2.23. The summed E-state index contributed by atoms with van der Waals surface area (Å²) < 4.78 is 5.36. The van der Waals surface area contributed by atoms with Crippen LogP contribution < -0.4 is 10.5 Å². The normalized spacial score (nSPS) is 16.1. The molecule has 1 aliphatic rings. The Hall–Kier alpha value is -1.80. The second-order valence-electron chi connectivity index (χ2n) is 5.12. The Bertz CT molecular complexity index is 619. The Kier molecular flexibility index (Phi) is 3.03. The van der Waals surface area contributed by atoms with Crippen molar-refractivity contribution in [1.82, 2.24) is 0 Å². The molecule has 3 rings (SSSR count). The van der Waals surface area contributed by atoms with Gasteiger partial charge in [-0.1, -0.05) is 24.3 Å². The summed E-state index contributed by atoms with van der Waals surface area (Å²) in [6, 6.07) is 12.9. The van der Waals surface area contributed by atoms with Crippen molar-refractivity contribution in [1.29, 1.82) is 0 Å². The van der Waals surface area contributed by atoms with Gasteiger partial charge in [-0.15, -0.1) is 0 Å². The molecule has 2 aromatic rings. The predicted molar refractivity (Wildman–Crippen MR) is 78.7 cm³/mol. The van der Waals surface area contributed by atoms with Crippen LogP contribution in [0.4, 0.5) is 0 Å². The minimum absolute atomic E-state index is 0.407. The van der Waals surface area contributed by atoms with Gasteiger partial charge in [-0.2, -0.15) is 0 Å². The molecule has 0 radical (unpaired) electrons. The molecule has 0 saturated heterocycles. The lowest BCUT2D eigenvalue weighted by Crippen LogP contribution is -2.06. The molecule has 2 heteroatoms. The lowest BCUT2D eigenvalue weighted by molar-refractivity contribution is 0.414. The third-order valence-corrected chi connectivity index (χ3v) is 4.04. The van der Waals surface area contributed by atoms with Crippen LogP contribution in [0.15, 0.2) is 36.4 Å². The first-order valence-electron chi connectivity index (χ1n) is 6.74. The monoisotopic (exact) mass is 253 g/mol. The largest absolute Gasteiger partial charge is 0.497 e. The van der Waals surface area contributed by atoms with Gasteiger partial charge in [0.1, 0.15) is 5.75 Å². The van der Waals surface area contributed by atoms with Crippen molar-refractivity contribution < 1.29 is 4.74 Å². The number of hydrogen-bond donors (Lipinski definition) is 1. The van der Waals surface area contributed by atoms with Gasteiger partial charge >= 0.3 is 0 Å². The number of rotatable bonds is 3. The van der Waals surface area contributed by atoms with Crippen LogP contribution >= 0.6 is 0 Å². The lowest BCUT2D eigenvalue weighted by atomic mass is 9.93. The maximum Gasteiger partial charge on any atom is 0.119 e. The summed E-state index contributed by atoms with van der Waals surface area (Å²) >= 11 is 0. The van der Waals surface area contributed by atoms with Crippen molar-refractivity contribution in [2.24, 2.45) is 5.73 Å². The van der Waals surface area contributed by atoms with Crippen LogP contribution in [0.3, 0.4) is 0 Å². The highest BCUT2D eigenvalue weighted by molar-refractivity contribution is 5.81. The molecule has 1 aliphatic carbocycles. The van der Waals surface area contributed by atoms with E-state index in [1.165, 1.54) is 27.8 Å². The minimum atomic E-state index is 0.407. The fourth-order valence-electron chi connectivity index (χ4n) is 3.18. The van der Waals surface area contributed by atoms with Crippen LogP contribution in [0.5, 0.6) is 5.75 Å². The Morgan fingerprint density at radius 2 is 2.00 bits per heavy atom. The summed E-state index contributed by atoms with van der Waals surface area (Å²) in [6.45, 7) is 2.88. The van der Waals surface area contributed by atoms with Crippen molar-refractivity contribution in [2.45, 2.75) is 19.3 Å². The zero-order valence-electron chi connectivity index (χ0n) is 11.4. The van der Waals surface area contributed by atoms with Crippen molar-refractivity contribution >= 4 is 0 Å². The third kappa shape index (κ3) is 1.83. The van der Waals surface area contributed by atoms with Crippen molar-refractivity contribution in [3.63, 3.8) is 0 Å². The lowest BCUT2D eigenvalue weighted by Gasteiger charge is -2.13. The van der Waals surface area contributed by atoms with E-state index in [0.29, 0.717) is 12.5 Å².